The Hall–Kier alpha value is -1.91. The number of hydrogen-bond acceptors (Lipinski definition) is 3. The lowest BCUT2D eigenvalue weighted by molar-refractivity contribution is 0.523. The van der Waals surface area contributed by atoms with Gasteiger partial charge in [0.25, 0.3) is 0 Å². The Morgan fingerprint density at radius 2 is 1.50 bits per heavy atom. The van der Waals surface area contributed by atoms with E-state index in [0.29, 0.717) is 10.0 Å². The van der Waals surface area contributed by atoms with Crippen LogP contribution in [0.5, 0.6) is 0 Å². The van der Waals surface area contributed by atoms with Crippen LogP contribution in [-0.4, -0.2) is 19.7 Å². The number of benzene rings is 1. The third kappa shape index (κ3) is 3.24. The first-order chi connectivity index (χ1) is 12.4. The van der Waals surface area contributed by atoms with Crippen LogP contribution in [0.1, 0.15) is 36.8 Å². The second-order valence-electron chi connectivity index (χ2n) is 7.22. The highest BCUT2D eigenvalue weighted by Gasteiger charge is 2.36. The van der Waals surface area contributed by atoms with E-state index in [1.807, 2.05) is 24.3 Å². The number of halogens is 1. The van der Waals surface area contributed by atoms with Crippen molar-refractivity contribution >= 4 is 32.6 Å². The van der Waals surface area contributed by atoms with E-state index in [2.05, 4.69) is 17.1 Å². The van der Waals surface area contributed by atoms with Gasteiger partial charge in [-0.25, -0.2) is 13.4 Å². The average molecular weight is 386 g/mol. The fourth-order valence-electron chi connectivity index (χ4n) is 3.99. The van der Waals surface area contributed by atoms with Gasteiger partial charge in [0.05, 0.1) is 4.90 Å². The molecule has 0 N–H and O–H groups in total. The zero-order valence-corrected chi connectivity index (χ0v) is 16.1. The van der Waals surface area contributed by atoms with E-state index in [1.54, 1.807) is 18.3 Å². The van der Waals surface area contributed by atoms with Crippen molar-refractivity contribution in [2.45, 2.75) is 30.6 Å². The fraction of sp³-hybridized carbons (Fsp3) is 0.286. The fourth-order valence-corrected chi connectivity index (χ4v) is 4.73. The molecule has 0 amide bonds. The third-order valence-corrected chi connectivity index (χ3v) is 6.67. The molecule has 2 aliphatic rings. The highest BCUT2D eigenvalue weighted by Crippen LogP contribution is 2.51. The molecule has 5 heteroatoms. The van der Waals surface area contributed by atoms with Crippen molar-refractivity contribution in [3.05, 3.63) is 71.0 Å². The monoisotopic (exact) mass is 385 g/mol. The maximum Gasteiger partial charge on any atom is 0.175 e. The minimum absolute atomic E-state index is 0.111. The van der Waals surface area contributed by atoms with Gasteiger partial charge in [-0.3, -0.25) is 0 Å². The SMILES string of the molecule is CS(=O)(=O)c1ccc(C2=CC3(C=C2c2ccc(Cl)nc2)CCCC3)cc1. The van der Waals surface area contributed by atoms with E-state index >= 15 is 0 Å². The van der Waals surface area contributed by atoms with Crippen molar-refractivity contribution in [2.24, 2.45) is 5.41 Å². The van der Waals surface area contributed by atoms with Crippen LogP contribution >= 0.6 is 11.6 Å². The van der Waals surface area contributed by atoms with Crippen LogP contribution in [0.2, 0.25) is 5.15 Å². The summed E-state index contributed by atoms with van der Waals surface area (Å²) in [5, 5.41) is 0.478. The maximum absolute atomic E-state index is 11.7. The summed E-state index contributed by atoms with van der Waals surface area (Å²) in [6.45, 7) is 0. The smallest absolute Gasteiger partial charge is 0.175 e. The zero-order chi connectivity index (χ0) is 18.4. The van der Waals surface area contributed by atoms with Crippen molar-refractivity contribution in [1.29, 1.82) is 0 Å². The molecule has 4 rings (SSSR count). The summed E-state index contributed by atoms with van der Waals surface area (Å²) in [6, 6.07) is 11.0. The number of sulfone groups is 1. The Kier molecular flexibility index (Phi) is 4.28. The molecular formula is C21H20ClNO2S. The zero-order valence-electron chi connectivity index (χ0n) is 14.6. The second-order valence-corrected chi connectivity index (χ2v) is 9.63. The first kappa shape index (κ1) is 17.5. The molecule has 1 heterocycles. The highest BCUT2D eigenvalue weighted by atomic mass is 35.5. The molecule has 1 aromatic carbocycles. The van der Waals surface area contributed by atoms with Gasteiger partial charge in [0, 0.05) is 23.4 Å². The van der Waals surface area contributed by atoms with Crippen LogP contribution in [0.3, 0.4) is 0 Å². The molecule has 0 aliphatic heterocycles. The number of nitrogens with zero attached hydrogens (tertiary/aromatic N) is 1. The van der Waals surface area contributed by atoms with E-state index < -0.39 is 9.84 Å². The second kappa shape index (κ2) is 6.36. The summed E-state index contributed by atoms with van der Waals surface area (Å²) < 4.78 is 23.5. The number of pyridine rings is 1. The number of aromatic nitrogens is 1. The minimum atomic E-state index is -3.19. The number of allylic oxidation sites excluding steroid dienone is 4. The lowest BCUT2D eigenvalue weighted by Gasteiger charge is -2.16. The van der Waals surface area contributed by atoms with E-state index in [4.69, 9.17) is 11.6 Å². The normalized spacial score (nSPS) is 18.8. The molecule has 3 nitrogen and oxygen atoms in total. The summed E-state index contributed by atoms with van der Waals surface area (Å²) in [5.74, 6) is 0. The number of hydrogen-bond donors (Lipinski definition) is 0. The first-order valence-electron chi connectivity index (χ1n) is 8.75. The molecule has 26 heavy (non-hydrogen) atoms. The van der Waals surface area contributed by atoms with Gasteiger partial charge in [0.2, 0.25) is 0 Å². The maximum atomic E-state index is 11.7. The molecule has 0 unspecified atom stereocenters. The molecule has 0 bridgehead atoms. The van der Waals surface area contributed by atoms with Gasteiger partial charge in [-0.15, -0.1) is 0 Å². The molecule has 1 aromatic heterocycles. The molecule has 0 radical (unpaired) electrons. The van der Waals surface area contributed by atoms with Crippen LogP contribution in [0.25, 0.3) is 11.1 Å². The van der Waals surface area contributed by atoms with Gasteiger partial charge in [-0.2, -0.15) is 0 Å². The van der Waals surface area contributed by atoms with E-state index in [0.717, 1.165) is 35.1 Å². The Bertz CT molecular complexity index is 997. The predicted octanol–water partition coefficient (Wildman–Crippen LogP) is 5.18. The molecule has 134 valence electrons. The third-order valence-electron chi connectivity index (χ3n) is 5.32. The molecule has 1 fully saturated rings. The molecule has 2 aliphatic carbocycles. The quantitative estimate of drug-likeness (QED) is 0.684. The summed E-state index contributed by atoms with van der Waals surface area (Å²) in [6.07, 6.45) is 12.5. The van der Waals surface area contributed by atoms with Gasteiger partial charge in [0.15, 0.2) is 9.84 Å². The Balaban J connectivity index is 1.79. The van der Waals surface area contributed by atoms with Crippen molar-refractivity contribution in [3.63, 3.8) is 0 Å². The van der Waals surface area contributed by atoms with Gasteiger partial charge in [0.1, 0.15) is 5.15 Å². The lowest BCUT2D eigenvalue weighted by Crippen LogP contribution is -2.05. The van der Waals surface area contributed by atoms with Crippen LogP contribution in [-0.2, 0) is 9.84 Å². The van der Waals surface area contributed by atoms with Gasteiger partial charge >= 0.3 is 0 Å². The van der Waals surface area contributed by atoms with Crippen molar-refractivity contribution in [3.8, 4) is 0 Å². The molecule has 0 saturated heterocycles. The first-order valence-corrected chi connectivity index (χ1v) is 11.0. The summed E-state index contributed by atoms with van der Waals surface area (Å²) >= 11 is 5.95. The van der Waals surface area contributed by atoms with Gasteiger partial charge in [-0.1, -0.05) is 48.7 Å². The topological polar surface area (TPSA) is 47.0 Å². The van der Waals surface area contributed by atoms with Gasteiger partial charge in [-0.05, 0) is 53.8 Å². The summed E-state index contributed by atoms with van der Waals surface area (Å²) in [7, 11) is -3.19. The van der Waals surface area contributed by atoms with E-state index in [-0.39, 0.29) is 5.41 Å². The lowest BCUT2D eigenvalue weighted by atomic mass is 9.88. The molecule has 0 atom stereocenters. The van der Waals surface area contributed by atoms with Crippen LogP contribution in [0.4, 0.5) is 0 Å². The van der Waals surface area contributed by atoms with Gasteiger partial charge < -0.3 is 0 Å². The van der Waals surface area contributed by atoms with Crippen molar-refractivity contribution in [2.75, 3.05) is 6.26 Å². The number of rotatable bonds is 3. The Morgan fingerprint density at radius 1 is 0.923 bits per heavy atom. The van der Waals surface area contributed by atoms with Crippen LogP contribution < -0.4 is 0 Å². The standard InChI is InChI=1S/C21H20ClNO2S/c1-26(24,25)17-7-4-15(5-8-17)18-12-21(10-2-3-11-21)13-19(18)16-6-9-20(22)23-14-16/h4-9,12-14H,2-3,10-11H2,1H3. The average Bonchev–Trinajstić information content (AvgIpc) is 3.22. The Labute approximate surface area is 159 Å². The molecular weight excluding hydrogens is 366 g/mol. The largest absolute Gasteiger partial charge is 0.244 e. The van der Waals surface area contributed by atoms with Crippen LogP contribution in [0, 0.1) is 5.41 Å². The van der Waals surface area contributed by atoms with Crippen molar-refractivity contribution < 1.29 is 8.42 Å². The predicted molar refractivity (Wildman–Crippen MR) is 106 cm³/mol. The Morgan fingerprint density at radius 3 is 2.04 bits per heavy atom. The molecule has 1 spiro atoms. The van der Waals surface area contributed by atoms with Crippen molar-refractivity contribution in [1.82, 2.24) is 4.98 Å². The molecule has 2 aromatic rings. The molecule has 1 saturated carbocycles. The summed E-state index contributed by atoms with van der Waals surface area (Å²) in [5.41, 5.74) is 4.48. The minimum Gasteiger partial charge on any atom is -0.244 e. The van der Waals surface area contributed by atoms with E-state index in [9.17, 15) is 8.42 Å². The summed E-state index contributed by atoms with van der Waals surface area (Å²) in [4.78, 5) is 4.57. The van der Waals surface area contributed by atoms with E-state index in [1.165, 1.54) is 19.1 Å². The highest BCUT2D eigenvalue weighted by molar-refractivity contribution is 7.90. The van der Waals surface area contributed by atoms with Crippen LogP contribution in [0.15, 0.2) is 59.6 Å².